The first-order valence-corrected chi connectivity index (χ1v) is 5.47. The fourth-order valence-corrected chi connectivity index (χ4v) is 1.83. The summed E-state index contributed by atoms with van der Waals surface area (Å²) in [5.74, 6) is -1.15. The number of hydrogen-bond donors (Lipinski definition) is 1. The van der Waals surface area contributed by atoms with Gasteiger partial charge in [-0.3, -0.25) is 4.79 Å². The molecule has 2 aromatic rings. The third-order valence-corrected chi connectivity index (χ3v) is 2.67. The van der Waals surface area contributed by atoms with Crippen molar-refractivity contribution in [3.63, 3.8) is 0 Å². The van der Waals surface area contributed by atoms with Crippen LogP contribution in [0.15, 0.2) is 30.5 Å². The first kappa shape index (κ1) is 11.4. The lowest BCUT2D eigenvalue weighted by Gasteiger charge is -2.01. The lowest BCUT2D eigenvalue weighted by atomic mass is 10.0. The number of carboxylic acid groups (broad SMARTS) is 1. The van der Waals surface area contributed by atoms with Crippen LogP contribution < -0.4 is 5.11 Å². The number of carbonyl (C=O) groups excluding carboxylic acids is 2. The molecular weight excluding hydrogens is 218 g/mol. The van der Waals surface area contributed by atoms with Crippen molar-refractivity contribution in [1.29, 1.82) is 0 Å². The van der Waals surface area contributed by atoms with Gasteiger partial charge in [0.05, 0.1) is 0 Å². The van der Waals surface area contributed by atoms with Crippen LogP contribution in [0.1, 0.15) is 29.6 Å². The third kappa shape index (κ3) is 2.53. The zero-order valence-corrected chi connectivity index (χ0v) is 9.23. The molecule has 0 aliphatic rings. The fraction of sp³-hybridized carbons (Fsp3) is 0.231. The van der Waals surface area contributed by atoms with Crippen molar-refractivity contribution in [2.24, 2.45) is 0 Å². The number of ketones is 1. The Morgan fingerprint density at radius 3 is 2.71 bits per heavy atom. The number of rotatable bonds is 5. The third-order valence-electron chi connectivity index (χ3n) is 2.67. The summed E-state index contributed by atoms with van der Waals surface area (Å²) in [5, 5.41) is 11.1. The van der Waals surface area contributed by atoms with Gasteiger partial charge in [-0.2, -0.15) is 0 Å². The average molecular weight is 230 g/mol. The van der Waals surface area contributed by atoms with Gasteiger partial charge in [0.2, 0.25) is 0 Å². The van der Waals surface area contributed by atoms with E-state index in [0.29, 0.717) is 12.0 Å². The van der Waals surface area contributed by atoms with E-state index in [4.69, 9.17) is 0 Å². The molecule has 0 fully saturated rings. The van der Waals surface area contributed by atoms with E-state index in [1.807, 2.05) is 24.3 Å². The van der Waals surface area contributed by atoms with Gasteiger partial charge in [-0.1, -0.05) is 18.2 Å². The van der Waals surface area contributed by atoms with Crippen LogP contribution in [0.4, 0.5) is 0 Å². The van der Waals surface area contributed by atoms with E-state index >= 15 is 0 Å². The van der Waals surface area contributed by atoms with Gasteiger partial charge in [0.1, 0.15) is 0 Å². The summed E-state index contributed by atoms with van der Waals surface area (Å²) in [5.41, 5.74) is 1.54. The summed E-state index contributed by atoms with van der Waals surface area (Å²) < 4.78 is 0. The van der Waals surface area contributed by atoms with Gasteiger partial charge in [-0.25, -0.2) is 0 Å². The Kier molecular flexibility index (Phi) is 3.23. The standard InChI is InChI=1S/C13H13NO3/c15-12(6-3-7-13(16)17)10-8-14-11-5-2-1-4-9(10)11/h1-2,4-5,8,14H,3,6-7H2,(H,16,17)/p-1. The molecule has 88 valence electrons. The summed E-state index contributed by atoms with van der Waals surface area (Å²) in [4.78, 5) is 25.1. The molecule has 1 aromatic carbocycles. The van der Waals surface area contributed by atoms with Crippen molar-refractivity contribution in [3.05, 3.63) is 36.0 Å². The Hall–Kier alpha value is -2.10. The number of nitrogens with one attached hydrogen (secondary N) is 1. The second kappa shape index (κ2) is 4.82. The molecule has 17 heavy (non-hydrogen) atoms. The normalized spacial score (nSPS) is 10.6. The van der Waals surface area contributed by atoms with Crippen LogP contribution in [0.3, 0.4) is 0 Å². The van der Waals surface area contributed by atoms with E-state index in [0.717, 1.165) is 10.9 Å². The first-order chi connectivity index (χ1) is 8.18. The molecule has 0 bridgehead atoms. The van der Waals surface area contributed by atoms with Gasteiger partial charge in [-0.15, -0.1) is 0 Å². The molecule has 0 unspecified atom stereocenters. The largest absolute Gasteiger partial charge is 0.550 e. The lowest BCUT2D eigenvalue weighted by molar-refractivity contribution is -0.305. The Balaban J connectivity index is 2.11. The molecule has 0 saturated carbocycles. The van der Waals surface area contributed by atoms with E-state index < -0.39 is 5.97 Å². The SMILES string of the molecule is O=C([O-])CCCC(=O)c1c[nH]c2ccccc12. The van der Waals surface area contributed by atoms with Crippen LogP contribution in [0.2, 0.25) is 0 Å². The Bertz CT molecular complexity index is 557. The minimum Gasteiger partial charge on any atom is -0.550 e. The number of fused-ring (bicyclic) bond motifs is 1. The second-order valence-corrected chi connectivity index (χ2v) is 3.90. The van der Waals surface area contributed by atoms with Crippen molar-refractivity contribution in [2.75, 3.05) is 0 Å². The van der Waals surface area contributed by atoms with Gasteiger partial charge < -0.3 is 14.9 Å². The Morgan fingerprint density at radius 2 is 1.94 bits per heavy atom. The highest BCUT2D eigenvalue weighted by Crippen LogP contribution is 2.19. The maximum Gasteiger partial charge on any atom is 0.165 e. The van der Waals surface area contributed by atoms with Crippen LogP contribution in [0.5, 0.6) is 0 Å². The van der Waals surface area contributed by atoms with Crippen molar-refractivity contribution < 1.29 is 14.7 Å². The molecule has 0 radical (unpaired) electrons. The van der Waals surface area contributed by atoms with Crippen LogP contribution in [0, 0.1) is 0 Å². The monoisotopic (exact) mass is 230 g/mol. The Morgan fingerprint density at radius 1 is 1.18 bits per heavy atom. The van der Waals surface area contributed by atoms with Gasteiger partial charge in [0.25, 0.3) is 0 Å². The van der Waals surface area contributed by atoms with Gasteiger partial charge >= 0.3 is 0 Å². The van der Waals surface area contributed by atoms with E-state index in [2.05, 4.69) is 4.98 Å². The molecule has 0 atom stereocenters. The van der Waals surface area contributed by atoms with E-state index in [-0.39, 0.29) is 18.6 Å². The van der Waals surface area contributed by atoms with Crippen LogP contribution in [0.25, 0.3) is 10.9 Å². The molecule has 2 rings (SSSR count). The quantitative estimate of drug-likeness (QED) is 0.786. The van der Waals surface area contributed by atoms with Gasteiger partial charge in [0.15, 0.2) is 5.78 Å². The summed E-state index contributed by atoms with van der Waals surface area (Å²) in [6.07, 6.45) is 2.15. The van der Waals surface area contributed by atoms with Crippen molar-refractivity contribution >= 4 is 22.7 Å². The molecule has 1 heterocycles. The smallest absolute Gasteiger partial charge is 0.165 e. The number of aromatic nitrogens is 1. The number of carboxylic acids is 1. The number of Topliss-reactive ketones (excluding diaryl/α,β-unsaturated/α-hetero) is 1. The minimum atomic E-state index is -1.11. The highest BCUT2D eigenvalue weighted by Gasteiger charge is 2.10. The predicted octanol–water partition coefficient (Wildman–Crippen LogP) is 1.27. The predicted molar refractivity (Wildman–Crippen MR) is 61.5 cm³/mol. The molecular formula is C13H12NO3-. The minimum absolute atomic E-state index is 0.0382. The number of carbonyl (C=O) groups is 2. The number of hydrogen-bond acceptors (Lipinski definition) is 3. The van der Waals surface area contributed by atoms with E-state index in [9.17, 15) is 14.7 Å². The number of aliphatic carboxylic acids is 1. The summed E-state index contributed by atoms with van der Waals surface area (Å²) in [7, 11) is 0. The summed E-state index contributed by atoms with van der Waals surface area (Å²) >= 11 is 0. The molecule has 1 aromatic heterocycles. The maximum atomic E-state index is 11.9. The highest BCUT2D eigenvalue weighted by molar-refractivity contribution is 6.07. The summed E-state index contributed by atoms with van der Waals surface area (Å²) in [6, 6.07) is 7.53. The highest BCUT2D eigenvalue weighted by atomic mass is 16.4. The molecule has 4 heteroatoms. The molecule has 0 saturated heterocycles. The van der Waals surface area contributed by atoms with E-state index in [1.54, 1.807) is 6.20 Å². The summed E-state index contributed by atoms with van der Waals surface area (Å²) in [6.45, 7) is 0. The molecule has 4 nitrogen and oxygen atoms in total. The maximum absolute atomic E-state index is 11.9. The average Bonchev–Trinajstić information content (AvgIpc) is 2.72. The fourth-order valence-electron chi connectivity index (χ4n) is 1.83. The van der Waals surface area contributed by atoms with E-state index in [1.165, 1.54) is 0 Å². The molecule has 0 aliphatic carbocycles. The lowest BCUT2D eigenvalue weighted by Crippen LogP contribution is -2.21. The zero-order valence-electron chi connectivity index (χ0n) is 9.23. The molecule has 0 amide bonds. The number of aromatic amines is 1. The number of para-hydroxylation sites is 1. The molecule has 0 aliphatic heterocycles. The van der Waals surface area contributed by atoms with Crippen molar-refractivity contribution in [3.8, 4) is 0 Å². The molecule has 1 N–H and O–H groups in total. The number of benzene rings is 1. The molecule has 0 spiro atoms. The first-order valence-electron chi connectivity index (χ1n) is 5.47. The topological polar surface area (TPSA) is 73.0 Å². The zero-order chi connectivity index (χ0) is 12.3. The Labute approximate surface area is 98.3 Å². The van der Waals surface area contributed by atoms with Crippen LogP contribution in [-0.4, -0.2) is 16.7 Å². The van der Waals surface area contributed by atoms with Crippen molar-refractivity contribution in [2.45, 2.75) is 19.3 Å². The van der Waals surface area contributed by atoms with Gasteiger partial charge in [0, 0.05) is 35.1 Å². The van der Waals surface area contributed by atoms with Crippen molar-refractivity contribution in [1.82, 2.24) is 4.98 Å². The van der Waals surface area contributed by atoms with Gasteiger partial charge in [-0.05, 0) is 18.9 Å². The van der Waals surface area contributed by atoms with Crippen LogP contribution in [-0.2, 0) is 4.79 Å². The van der Waals surface area contributed by atoms with Crippen LogP contribution >= 0.6 is 0 Å². The number of H-pyrrole nitrogens is 1. The second-order valence-electron chi connectivity index (χ2n) is 3.90.